The first-order chi connectivity index (χ1) is 4.79. The number of nitrogens with one attached hydrogen (secondary N) is 1. The summed E-state index contributed by atoms with van der Waals surface area (Å²) in [5, 5.41) is 20.6. The number of aromatic amines is 1. The molecule has 52 valence electrons. The summed E-state index contributed by atoms with van der Waals surface area (Å²) in [6.07, 6.45) is 0. The highest BCUT2D eigenvalue weighted by Gasteiger charge is 2.07. The Kier molecular flexibility index (Phi) is 0.935. The summed E-state index contributed by atoms with van der Waals surface area (Å²) >= 11 is 1.39. The van der Waals surface area contributed by atoms with Gasteiger partial charge >= 0.3 is 0 Å². The summed E-state index contributed by atoms with van der Waals surface area (Å²) < 4.78 is 0.706. The highest BCUT2D eigenvalue weighted by molar-refractivity contribution is 7.17. The van der Waals surface area contributed by atoms with Crippen LogP contribution in [0.1, 0.15) is 0 Å². The molecule has 0 spiro atoms. The zero-order valence-electron chi connectivity index (χ0n) is 4.96. The molecule has 0 aliphatic heterocycles. The van der Waals surface area contributed by atoms with Crippen molar-refractivity contribution >= 4 is 21.4 Å². The standard InChI is InChI=1S/C6H5NO2S/c8-5-3-1-2-10-4(3)6(9)7-5/h1-2,7-9H. The maximum Gasteiger partial charge on any atom is 0.209 e. The first kappa shape index (κ1) is 5.61. The van der Waals surface area contributed by atoms with Crippen LogP contribution < -0.4 is 0 Å². The van der Waals surface area contributed by atoms with Crippen molar-refractivity contribution in [3.05, 3.63) is 11.4 Å². The molecule has 2 heterocycles. The molecule has 0 saturated heterocycles. The van der Waals surface area contributed by atoms with E-state index in [4.69, 9.17) is 10.2 Å². The zero-order valence-corrected chi connectivity index (χ0v) is 5.77. The van der Waals surface area contributed by atoms with Crippen molar-refractivity contribution in [1.29, 1.82) is 0 Å². The van der Waals surface area contributed by atoms with Crippen LogP contribution in [0.3, 0.4) is 0 Å². The minimum Gasteiger partial charge on any atom is -0.494 e. The van der Waals surface area contributed by atoms with Crippen molar-refractivity contribution in [3.63, 3.8) is 0 Å². The third-order valence-electron chi connectivity index (χ3n) is 1.37. The monoisotopic (exact) mass is 155 g/mol. The summed E-state index contributed by atoms with van der Waals surface area (Å²) in [6, 6.07) is 1.76. The summed E-state index contributed by atoms with van der Waals surface area (Å²) in [6.45, 7) is 0. The molecule has 0 unspecified atom stereocenters. The van der Waals surface area contributed by atoms with Gasteiger partial charge in [-0.05, 0) is 11.4 Å². The third-order valence-corrected chi connectivity index (χ3v) is 2.29. The molecular weight excluding hydrogens is 150 g/mol. The van der Waals surface area contributed by atoms with E-state index in [1.54, 1.807) is 6.07 Å². The minimum atomic E-state index is 0.0359. The van der Waals surface area contributed by atoms with Gasteiger partial charge in [0.2, 0.25) is 5.88 Å². The van der Waals surface area contributed by atoms with Crippen molar-refractivity contribution in [2.24, 2.45) is 0 Å². The van der Waals surface area contributed by atoms with Crippen LogP contribution >= 0.6 is 11.3 Å². The van der Waals surface area contributed by atoms with E-state index in [-0.39, 0.29) is 11.8 Å². The Morgan fingerprint density at radius 3 is 2.80 bits per heavy atom. The first-order valence-electron chi connectivity index (χ1n) is 2.76. The lowest BCUT2D eigenvalue weighted by Crippen LogP contribution is -1.59. The molecule has 2 aromatic rings. The van der Waals surface area contributed by atoms with Gasteiger partial charge < -0.3 is 10.2 Å². The fourth-order valence-corrected chi connectivity index (χ4v) is 1.71. The number of aromatic hydroxyl groups is 2. The second kappa shape index (κ2) is 1.67. The second-order valence-corrected chi connectivity index (χ2v) is 2.90. The maximum atomic E-state index is 9.08. The number of aromatic nitrogens is 1. The van der Waals surface area contributed by atoms with Crippen LogP contribution in [0, 0.1) is 0 Å². The van der Waals surface area contributed by atoms with Crippen LogP contribution in [-0.4, -0.2) is 15.2 Å². The Morgan fingerprint density at radius 2 is 2.10 bits per heavy atom. The van der Waals surface area contributed by atoms with Gasteiger partial charge in [-0.1, -0.05) is 0 Å². The molecule has 0 aliphatic carbocycles. The molecule has 0 atom stereocenters. The summed E-state index contributed by atoms with van der Waals surface area (Å²) in [5.41, 5.74) is 0. The van der Waals surface area contributed by atoms with Gasteiger partial charge in [-0.15, -0.1) is 11.3 Å². The average Bonchev–Trinajstić information content (AvgIpc) is 2.39. The molecule has 0 saturated carbocycles. The van der Waals surface area contributed by atoms with Crippen LogP contribution in [0.25, 0.3) is 10.1 Å². The Morgan fingerprint density at radius 1 is 1.30 bits per heavy atom. The quantitative estimate of drug-likeness (QED) is 0.541. The molecule has 0 aromatic carbocycles. The van der Waals surface area contributed by atoms with Gasteiger partial charge in [0.1, 0.15) is 0 Å². The Bertz CT molecular complexity index is 331. The highest BCUT2D eigenvalue weighted by Crippen LogP contribution is 2.35. The van der Waals surface area contributed by atoms with E-state index in [0.29, 0.717) is 10.1 Å². The molecule has 10 heavy (non-hydrogen) atoms. The Balaban J connectivity index is 2.98. The van der Waals surface area contributed by atoms with Crippen LogP contribution in [-0.2, 0) is 0 Å². The summed E-state index contributed by atoms with van der Waals surface area (Å²) in [7, 11) is 0. The second-order valence-electron chi connectivity index (χ2n) is 1.99. The molecule has 0 radical (unpaired) electrons. The smallest absolute Gasteiger partial charge is 0.209 e. The van der Waals surface area contributed by atoms with Gasteiger partial charge in [0, 0.05) is 0 Å². The highest BCUT2D eigenvalue weighted by atomic mass is 32.1. The number of hydrogen-bond acceptors (Lipinski definition) is 3. The van der Waals surface area contributed by atoms with E-state index in [1.165, 1.54) is 11.3 Å². The SMILES string of the molecule is Oc1[nH]c(O)c2sccc12. The van der Waals surface area contributed by atoms with E-state index in [9.17, 15) is 0 Å². The van der Waals surface area contributed by atoms with Gasteiger partial charge in [0.15, 0.2) is 5.88 Å². The van der Waals surface area contributed by atoms with Gasteiger partial charge in [-0.3, -0.25) is 4.98 Å². The number of H-pyrrole nitrogens is 1. The van der Waals surface area contributed by atoms with E-state index >= 15 is 0 Å². The number of rotatable bonds is 0. The maximum absolute atomic E-state index is 9.08. The van der Waals surface area contributed by atoms with Crippen LogP contribution in [0.5, 0.6) is 11.8 Å². The third kappa shape index (κ3) is 0.537. The van der Waals surface area contributed by atoms with Gasteiger partial charge in [-0.2, -0.15) is 0 Å². The van der Waals surface area contributed by atoms with Gasteiger partial charge in [0.05, 0.1) is 10.1 Å². The topological polar surface area (TPSA) is 56.2 Å². The van der Waals surface area contributed by atoms with Crippen LogP contribution in [0.2, 0.25) is 0 Å². The lowest BCUT2D eigenvalue weighted by molar-refractivity contribution is 0.429. The molecule has 3 N–H and O–H groups in total. The molecule has 2 aromatic heterocycles. The van der Waals surface area contributed by atoms with E-state index in [1.807, 2.05) is 5.38 Å². The molecule has 3 nitrogen and oxygen atoms in total. The van der Waals surface area contributed by atoms with Crippen molar-refractivity contribution in [2.45, 2.75) is 0 Å². The summed E-state index contributed by atoms with van der Waals surface area (Å²) in [5.74, 6) is 0.0799. The Labute approximate surface area is 60.6 Å². The Hall–Kier alpha value is -1.16. The lowest BCUT2D eigenvalue weighted by Gasteiger charge is -1.79. The fraction of sp³-hybridized carbons (Fsp3) is 0. The van der Waals surface area contributed by atoms with Gasteiger partial charge in [0.25, 0.3) is 0 Å². The van der Waals surface area contributed by atoms with E-state index in [0.717, 1.165) is 0 Å². The predicted molar refractivity (Wildman–Crippen MR) is 39.5 cm³/mol. The molecule has 4 heteroatoms. The minimum absolute atomic E-state index is 0.0359. The van der Waals surface area contributed by atoms with Gasteiger partial charge in [-0.25, -0.2) is 0 Å². The first-order valence-corrected chi connectivity index (χ1v) is 3.64. The number of hydrogen-bond donors (Lipinski definition) is 3. The number of thiophene rings is 1. The molecular formula is C6H5NO2S. The van der Waals surface area contributed by atoms with Crippen molar-refractivity contribution in [3.8, 4) is 11.8 Å². The zero-order chi connectivity index (χ0) is 7.14. The van der Waals surface area contributed by atoms with Crippen LogP contribution in [0.15, 0.2) is 11.4 Å². The van der Waals surface area contributed by atoms with Crippen LogP contribution in [0.4, 0.5) is 0 Å². The molecule has 2 rings (SSSR count). The van der Waals surface area contributed by atoms with Crippen molar-refractivity contribution in [2.75, 3.05) is 0 Å². The number of fused-ring (bicyclic) bond motifs is 1. The normalized spacial score (nSPS) is 10.8. The summed E-state index contributed by atoms with van der Waals surface area (Å²) in [4.78, 5) is 2.42. The molecule has 0 amide bonds. The molecule has 0 fully saturated rings. The average molecular weight is 155 g/mol. The van der Waals surface area contributed by atoms with E-state index < -0.39 is 0 Å². The molecule has 0 aliphatic rings. The largest absolute Gasteiger partial charge is 0.494 e. The molecule has 0 bridgehead atoms. The van der Waals surface area contributed by atoms with Crippen molar-refractivity contribution < 1.29 is 10.2 Å². The lowest BCUT2D eigenvalue weighted by atomic mass is 10.4. The fourth-order valence-electron chi connectivity index (χ4n) is 0.915. The van der Waals surface area contributed by atoms with E-state index in [2.05, 4.69) is 4.98 Å². The van der Waals surface area contributed by atoms with Crippen molar-refractivity contribution in [1.82, 2.24) is 4.98 Å². The predicted octanol–water partition coefficient (Wildman–Crippen LogP) is 1.64.